The van der Waals surface area contributed by atoms with E-state index in [4.69, 9.17) is 23.7 Å². The van der Waals surface area contributed by atoms with Gasteiger partial charge in [0.2, 0.25) is 0 Å². The Morgan fingerprint density at radius 3 is 1.67 bits per heavy atom. The standard InChI is InChI=1S/C27H39NO5/c1-2-3-4-5-6-11-16-28-23-21-32-26-14-9-7-12-24(26)30-19-17-29-18-20-31-25-13-8-10-15-27(25)33-22-23/h7-10,12-15,23,28H,2-6,11,16-22H2,1H3. The van der Waals surface area contributed by atoms with Gasteiger partial charge in [0.25, 0.3) is 0 Å². The van der Waals surface area contributed by atoms with Crippen LogP contribution < -0.4 is 24.3 Å². The van der Waals surface area contributed by atoms with Crippen LogP contribution in [0.5, 0.6) is 23.0 Å². The fourth-order valence-corrected chi connectivity index (χ4v) is 3.66. The van der Waals surface area contributed by atoms with E-state index in [2.05, 4.69) is 12.2 Å². The van der Waals surface area contributed by atoms with Gasteiger partial charge in [-0.25, -0.2) is 0 Å². The SMILES string of the molecule is CCCCCCCCNC1COc2ccccc2OCCOCCOc2ccccc2OC1. The van der Waals surface area contributed by atoms with E-state index in [-0.39, 0.29) is 6.04 Å². The minimum atomic E-state index is 0.0398. The zero-order chi connectivity index (χ0) is 23.0. The molecule has 3 rings (SSSR count). The van der Waals surface area contributed by atoms with Gasteiger partial charge < -0.3 is 29.0 Å². The van der Waals surface area contributed by atoms with Crippen molar-refractivity contribution >= 4 is 0 Å². The summed E-state index contributed by atoms with van der Waals surface area (Å²) in [5.41, 5.74) is 0. The second-order valence-corrected chi connectivity index (χ2v) is 8.24. The van der Waals surface area contributed by atoms with E-state index in [1.165, 1.54) is 32.1 Å². The lowest BCUT2D eigenvalue weighted by Gasteiger charge is -2.22. The first-order valence-electron chi connectivity index (χ1n) is 12.4. The molecule has 0 saturated carbocycles. The zero-order valence-electron chi connectivity index (χ0n) is 19.9. The first kappa shape index (κ1) is 25.2. The average Bonchev–Trinajstić information content (AvgIpc) is 2.84. The van der Waals surface area contributed by atoms with Gasteiger partial charge in [0.15, 0.2) is 23.0 Å². The lowest BCUT2D eigenvalue weighted by molar-refractivity contribution is 0.0732. The number of rotatable bonds is 8. The van der Waals surface area contributed by atoms with E-state index in [1.807, 2.05) is 48.5 Å². The van der Waals surface area contributed by atoms with E-state index < -0.39 is 0 Å². The third-order valence-corrected chi connectivity index (χ3v) is 5.51. The predicted octanol–water partition coefficient (Wildman–Crippen LogP) is 5.25. The summed E-state index contributed by atoms with van der Waals surface area (Å²) in [7, 11) is 0. The Kier molecular flexibility index (Phi) is 11.8. The van der Waals surface area contributed by atoms with Gasteiger partial charge in [-0.15, -0.1) is 0 Å². The van der Waals surface area contributed by atoms with Crippen molar-refractivity contribution in [2.24, 2.45) is 0 Å². The highest BCUT2D eigenvalue weighted by Crippen LogP contribution is 2.28. The van der Waals surface area contributed by atoms with Crippen LogP contribution in [0.25, 0.3) is 0 Å². The number of benzene rings is 2. The van der Waals surface area contributed by atoms with Gasteiger partial charge in [-0.05, 0) is 37.2 Å². The molecule has 0 bridgehead atoms. The molecule has 0 amide bonds. The van der Waals surface area contributed by atoms with Crippen molar-refractivity contribution in [2.45, 2.75) is 51.5 Å². The molecule has 0 atom stereocenters. The van der Waals surface area contributed by atoms with Crippen LogP contribution in [-0.4, -0.2) is 52.2 Å². The van der Waals surface area contributed by atoms with E-state index in [0.29, 0.717) is 39.6 Å². The van der Waals surface area contributed by atoms with Gasteiger partial charge in [-0.3, -0.25) is 0 Å². The molecule has 0 fully saturated rings. The molecule has 33 heavy (non-hydrogen) atoms. The minimum absolute atomic E-state index is 0.0398. The minimum Gasteiger partial charge on any atom is -0.488 e. The number of nitrogens with one attached hydrogen (secondary N) is 1. The third-order valence-electron chi connectivity index (χ3n) is 5.51. The Hall–Kier alpha value is -2.44. The normalized spacial score (nSPS) is 15.8. The summed E-state index contributed by atoms with van der Waals surface area (Å²) >= 11 is 0. The molecule has 1 aliphatic rings. The smallest absolute Gasteiger partial charge is 0.161 e. The summed E-state index contributed by atoms with van der Waals surface area (Å²) in [5.74, 6) is 2.93. The van der Waals surface area contributed by atoms with Gasteiger partial charge in [-0.2, -0.15) is 0 Å². The molecular formula is C27H39NO5. The van der Waals surface area contributed by atoms with Crippen LogP contribution >= 0.6 is 0 Å². The van der Waals surface area contributed by atoms with Crippen molar-refractivity contribution in [3.63, 3.8) is 0 Å². The maximum absolute atomic E-state index is 6.16. The second-order valence-electron chi connectivity index (χ2n) is 8.24. The van der Waals surface area contributed by atoms with Crippen molar-refractivity contribution in [2.75, 3.05) is 46.2 Å². The van der Waals surface area contributed by atoms with Crippen LogP contribution in [0.1, 0.15) is 45.4 Å². The fourth-order valence-electron chi connectivity index (χ4n) is 3.66. The van der Waals surface area contributed by atoms with E-state index in [1.54, 1.807) is 0 Å². The van der Waals surface area contributed by atoms with E-state index in [9.17, 15) is 0 Å². The Labute approximate surface area is 198 Å². The maximum atomic E-state index is 6.16. The van der Waals surface area contributed by atoms with Gasteiger partial charge >= 0.3 is 0 Å². The Balaban J connectivity index is 1.61. The molecule has 2 aromatic rings. The molecular weight excluding hydrogens is 418 g/mol. The number of fused-ring (bicyclic) bond motifs is 2. The fraction of sp³-hybridized carbons (Fsp3) is 0.556. The van der Waals surface area contributed by atoms with Gasteiger partial charge in [0, 0.05) is 0 Å². The number of unbranched alkanes of at least 4 members (excludes halogenated alkanes) is 5. The van der Waals surface area contributed by atoms with Crippen LogP contribution in [-0.2, 0) is 4.74 Å². The molecule has 0 aromatic heterocycles. The molecule has 0 spiro atoms. The van der Waals surface area contributed by atoms with Gasteiger partial charge in [-0.1, -0.05) is 63.3 Å². The molecule has 0 unspecified atom stereocenters. The molecule has 182 valence electrons. The zero-order valence-corrected chi connectivity index (χ0v) is 19.9. The average molecular weight is 458 g/mol. The first-order chi connectivity index (χ1) is 16.4. The molecule has 1 N–H and O–H groups in total. The van der Waals surface area contributed by atoms with Crippen LogP contribution in [0.4, 0.5) is 0 Å². The number of hydrogen-bond acceptors (Lipinski definition) is 6. The van der Waals surface area contributed by atoms with Crippen LogP contribution in [0.15, 0.2) is 48.5 Å². The largest absolute Gasteiger partial charge is 0.488 e. The highest BCUT2D eigenvalue weighted by molar-refractivity contribution is 5.40. The van der Waals surface area contributed by atoms with Gasteiger partial charge in [0.1, 0.15) is 26.4 Å². The highest BCUT2D eigenvalue weighted by Gasteiger charge is 2.14. The van der Waals surface area contributed by atoms with Crippen molar-refractivity contribution in [1.82, 2.24) is 5.32 Å². The van der Waals surface area contributed by atoms with Gasteiger partial charge in [0.05, 0.1) is 19.3 Å². The van der Waals surface area contributed by atoms with Crippen molar-refractivity contribution in [3.05, 3.63) is 48.5 Å². The number of ether oxygens (including phenoxy) is 5. The lowest BCUT2D eigenvalue weighted by atomic mass is 10.1. The van der Waals surface area contributed by atoms with Crippen molar-refractivity contribution in [1.29, 1.82) is 0 Å². The van der Waals surface area contributed by atoms with Crippen LogP contribution in [0.3, 0.4) is 0 Å². The topological polar surface area (TPSA) is 58.2 Å². The molecule has 6 nitrogen and oxygen atoms in total. The Bertz CT molecular complexity index is 729. The summed E-state index contributed by atoms with van der Waals surface area (Å²) in [4.78, 5) is 0. The molecule has 6 heteroatoms. The Morgan fingerprint density at radius 1 is 0.636 bits per heavy atom. The summed E-state index contributed by atoms with van der Waals surface area (Å²) in [6.07, 6.45) is 7.62. The number of para-hydroxylation sites is 4. The summed E-state index contributed by atoms with van der Waals surface area (Å²) in [6.45, 7) is 6.04. The molecule has 0 radical (unpaired) electrons. The monoisotopic (exact) mass is 457 g/mol. The quantitative estimate of drug-likeness (QED) is 0.547. The van der Waals surface area contributed by atoms with Crippen LogP contribution in [0.2, 0.25) is 0 Å². The molecule has 0 saturated heterocycles. The predicted molar refractivity (Wildman–Crippen MR) is 131 cm³/mol. The maximum Gasteiger partial charge on any atom is 0.161 e. The highest BCUT2D eigenvalue weighted by atomic mass is 16.6. The van der Waals surface area contributed by atoms with Crippen LogP contribution in [0, 0.1) is 0 Å². The molecule has 0 aliphatic carbocycles. The van der Waals surface area contributed by atoms with E-state index in [0.717, 1.165) is 36.0 Å². The molecule has 2 aromatic carbocycles. The molecule has 1 aliphatic heterocycles. The second kappa shape index (κ2) is 15.4. The van der Waals surface area contributed by atoms with E-state index >= 15 is 0 Å². The third kappa shape index (κ3) is 9.52. The van der Waals surface area contributed by atoms with Crippen molar-refractivity contribution < 1.29 is 23.7 Å². The number of hydrogen-bond donors (Lipinski definition) is 1. The summed E-state index contributed by atoms with van der Waals surface area (Å²) < 4.78 is 29.7. The summed E-state index contributed by atoms with van der Waals surface area (Å²) in [5, 5.41) is 3.62. The first-order valence-corrected chi connectivity index (χ1v) is 12.4. The van der Waals surface area contributed by atoms with Crippen molar-refractivity contribution in [3.8, 4) is 23.0 Å². The summed E-state index contributed by atoms with van der Waals surface area (Å²) in [6, 6.07) is 15.6. The molecule has 1 heterocycles. The Morgan fingerprint density at radius 2 is 1.12 bits per heavy atom. The lowest BCUT2D eigenvalue weighted by Crippen LogP contribution is -2.40.